The molecule has 1 saturated heterocycles. The fourth-order valence-corrected chi connectivity index (χ4v) is 3.34. The van der Waals surface area contributed by atoms with Gasteiger partial charge in [-0.05, 0) is 30.5 Å². The summed E-state index contributed by atoms with van der Waals surface area (Å²) in [5.41, 5.74) is 2.23. The third-order valence-corrected chi connectivity index (χ3v) is 4.61. The number of hydrogen-bond donors (Lipinski definition) is 1. The Labute approximate surface area is 173 Å². The standard InChI is InChI=1S/C21H29N3O3.ClH/c1-3-6-18-7-4-5-8-21(18)27-16-19(25)13-23-9-10-26-20(14-23)15-24-12-17(2)11-22-24;/h3-5,7-8,11-12,19-20,25H,1,6,9-10,13-16H2,2H3;1H. The SMILES string of the molecule is C=CCc1ccccc1OCC(O)CN1CCOC(Cn2cc(C)cn2)C1.Cl. The van der Waals surface area contributed by atoms with E-state index >= 15 is 0 Å². The van der Waals surface area contributed by atoms with E-state index in [1.807, 2.05) is 54.3 Å². The largest absolute Gasteiger partial charge is 0.491 e. The number of aromatic nitrogens is 2. The zero-order chi connectivity index (χ0) is 19.1. The summed E-state index contributed by atoms with van der Waals surface area (Å²) in [6.45, 7) is 9.64. The van der Waals surface area contributed by atoms with Gasteiger partial charge in [0.05, 0.1) is 25.5 Å². The summed E-state index contributed by atoms with van der Waals surface area (Å²) in [7, 11) is 0. The number of hydrogen-bond acceptors (Lipinski definition) is 5. The van der Waals surface area contributed by atoms with Crippen LogP contribution in [0.15, 0.2) is 49.3 Å². The van der Waals surface area contributed by atoms with Crippen molar-refractivity contribution in [1.29, 1.82) is 0 Å². The van der Waals surface area contributed by atoms with Gasteiger partial charge in [0.15, 0.2) is 0 Å². The van der Waals surface area contributed by atoms with Crippen molar-refractivity contribution in [3.8, 4) is 5.75 Å². The molecule has 0 saturated carbocycles. The predicted molar refractivity (Wildman–Crippen MR) is 112 cm³/mol. The van der Waals surface area contributed by atoms with E-state index < -0.39 is 6.10 Å². The summed E-state index contributed by atoms with van der Waals surface area (Å²) < 4.78 is 13.6. The number of β-amino-alcohol motifs (C(OH)–C–C–N with tert-alkyl or cyclic N) is 1. The van der Waals surface area contributed by atoms with Crippen LogP contribution in [0.1, 0.15) is 11.1 Å². The number of aliphatic hydroxyl groups is 1. The Balaban J connectivity index is 0.00000280. The molecule has 2 aromatic rings. The highest BCUT2D eigenvalue weighted by molar-refractivity contribution is 5.85. The second-order valence-corrected chi connectivity index (χ2v) is 7.06. The highest BCUT2D eigenvalue weighted by Gasteiger charge is 2.23. The second-order valence-electron chi connectivity index (χ2n) is 7.06. The molecule has 2 atom stereocenters. The van der Waals surface area contributed by atoms with Crippen molar-refractivity contribution in [1.82, 2.24) is 14.7 Å². The molecular weight excluding hydrogens is 378 g/mol. The molecule has 2 heterocycles. The van der Waals surface area contributed by atoms with Gasteiger partial charge in [-0.25, -0.2) is 0 Å². The van der Waals surface area contributed by atoms with Crippen LogP contribution in [-0.2, 0) is 17.7 Å². The van der Waals surface area contributed by atoms with Gasteiger partial charge in [-0.3, -0.25) is 9.58 Å². The van der Waals surface area contributed by atoms with Gasteiger partial charge in [0.2, 0.25) is 0 Å². The molecule has 1 aliphatic rings. The van der Waals surface area contributed by atoms with E-state index in [1.165, 1.54) is 0 Å². The molecule has 1 fully saturated rings. The lowest BCUT2D eigenvalue weighted by atomic mass is 10.1. The van der Waals surface area contributed by atoms with Gasteiger partial charge < -0.3 is 14.6 Å². The number of morpholine rings is 1. The topological polar surface area (TPSA) is 59.8 Å². The fraction of sp³-hybridized carbons (Fsp3) is 0.476. The molecule has 1 aromatic heterocycles. The lowest BCUT2D eigenvalue weighted by molar-refractivity contribution is -0.0517. The third kappa shape index (κ3) is 6.63. The van der Waals surface area contributed by atoms with Crippen LogP contribution in [0.5, 0.6) is 5.75 Å². The van der Waals surface area contributed by atoms with Crippen LogP contribution in [-0.4, -0.2) is 64.8 Å². The quantitative estimate of drug-likeness (QED) is 0.647. The second kappa shape index (κ2) is 11.2. The van der Waals surface area contributed by atoms with Crippen molar-refractivity contribution >= 4 is 12.4 Å². The molecule has 0 spiro atoms. The van der Waals surface area contributed by atoms with Crippen LogP contribution < -0.4 is 4.74 Å². The molecule has 28 heavy (non-hydrogen) atoms. The lowest BCUT2D eigenvalue weighted by Crippen LogP contribution is -2.47. The minimum atomic E-state index is -0.549. The van der Waals surface area contributed by atoms with Crippen LogP contribution in [0.3, 0.4) is 0 Å². The Hall–Kier alpha value is -1.86. The normalized spacial score (nSPS) is 18.3. The van der Waals surface area contributed by atoms with Crippen LogP contribution in [0, 0.1) is 6.92 Å². The van der Waals surface area contributed by atoms with Gasteiger partial charge in [-0.1, -0.05) is 24.3 Å². The van der Waals surface area contributed by atoms with Gasteiger partial charge >= 0.3 is 0 Å². The zero-order valence-electron chi connectivity index (χ0n) is 16.4. The molecule has 0 aliphatic carbocycles. The van der Waals surface area contributed by atoms with E-state index in [1.54, 1.807) is 0 Å². The van der Waals surface area contributed by atoms with Gasteiger partial charge in [0.25, 0.3) is 0 Å². The van der Waals surface area contributed by atoms with E-state index in [4.69, 9.17) is 9.47 Å². The molecule has 154 valence electrons. The smallest absolute Gasteiger partial charge is 0.122 e. The maximum absolute atomic E-state index is 10.4. The van der Waals surface area contributed by atoms with E-state index in [2.05, 4.69) is 16.6 Å². The number of para-hydroxylation sites is 1. The molecule has 1 aromatic carbocycles. The molecule has 7 heteroatoms. The average Bonchev–Trinajstić information content (AvgIpc) is 3.06. The van der Waals surface area contributed by atoms with E-state index in [0.717, 1.165) is 42.9 Å². The summed E-state index contributed by atoms with van der Waals surface area (Å²) in [4.78, 5) is 2.23. The van der Waals surface area contributed by atoms with E-state index in [-0.39, 0.29) is 25.1 Å². The predicted octanol–water partition coefficient (Wildman–Crippen LogP) is 2.48. The molecule has 1 N–H and O–H groups in total. The molecule has 6 nitrogen and oxygen atoms in total. The molecule has 1 aliphatic heterocycles. The highest BCUT2D eigenvalue weighted by atomic mass is 35.5. The summed E-state index contributed by atoms with van der Waals surface area (Å²) in [6.07, 6.45) is 6.02. The van der Waals surface area contributed by atoms with Gasteiger partial charge in [-0.2, -0.15) is 5.10 Å². The number of halogens is 1. The van der Waals surface area contributed by atoms with Crippen LogP contribution in [0.25, 0.3) is 0 Å². The van der Waals surface area contributed by atoms with Crippen molar-refractivity contribution in [3.05, 3.63) is 60.4 Å². The summed E-state index contributed by atoms with van der Waals surface area (Å²) >= 11 is 0. The first-order valence-electron chi connectivity index (χ1n) is 9.46. The first-order valence-corrected chi connectivity index (χ1v) is 9.46. The van der Waals surface area contributed by atoms with Crippen molar-refractivity contribution in [3.63, 3.8) is 0 Å². The van der Waals surface area contributed by atoms with Crippen molar-refractivity contribution in [2.45, 2.75) is 32.1 Å². The van der Waals surface area contributed by atoms with Gasteiger partial charge in [0, 0.05) is 25.8 Å². The van der Waals surface area contributed by atoms with Gasteiger partial charge in [0.1, 0.15) is 18.5 Å². The minimum Gasteiger partial charge on any atom is -0.491 e. The molecule has 0 amide bonds. The summed E-state index contributed by atoms with van der Waals surface area (Å²) in [6, 6.07) is 7.88. The van der Waals surface area contributed by atoms with Crippen LogP contribution in [0.4, 0.5) is 0 Å². The monoisotopic (exact) mass is 407 g/mol. The summed E-state index contributed by atoms with van der Waals surface area (Å²) in [5, 5.41) is 14.7. The Morgan fingerprint density at radius 1 is 1.43 bits per heavy atom. The number of rotatable bonds is 9. The first kappa shape index (κ1) is 22.4. The molecule has 0 bridgehead atoms. The Kier molecular flexibility index (Phi) is 8.99. The van der Waals surface area contributed by atoms with Gasteiger partial charge in [-0.15, -0.1) is 19.0 Å². The molecular formula is C21H30ClN3O3. The lowest BCUT2D eigenvalue weighted by Gasteiger charge is -2.34. The van der Waals surface area contributed by atoms with Crippen molar-refractivity contribution < 1.29 is 14.6 Å². The van der Waals surface area contributed by atoms with E-state index in [0.29, 0.717) is 13.2 Å². The Bertz CT molecular complexity index is 737. The third-order valence-electron chi connectivity index (χ3n) is 4.61. The Morgan fingerprint density at radius 2 is 2.25 bits per heavy atom. The highest BCUT2D eigenvalue weighted by Crippen LogP contribution is 2.19. The number of nitrogens with zero attached hydrogens (tertiary/aromatic N) is 3. The van der Waals surface area contributed by atoms with Crippen LogP contribution in [0.2, 0.25) is 0 Å². The van der Waals surface area contributed by atoms with E-state index in [9.17, 15) is 5.11 Å². The number of aliphatic hydroxyl groups excluding tert-OH is 1. The average molecular weight is 408 g/mol. The number of benzene rings is 1. The molecule has 3 rings (SSSR count). The number of allylic oxidation sites excluding steroid dienone is 1. The first-order chi connectivity index (χ1) is 13.1. The number of ether oxygens (including phenoxy) is 2. The molecule has 0 radical (unpaired) electrons. The van der Waals surface area contributed by atoms with Crippen molar-refractivity contribution in [2.75, 3.05) is 32.8 Å². The minimum absolute atomic E-state index is 0. The fourth-order valence-electron chi connectivity index (χ4n) is 3.34. The van der Waals surface area contributed by atoms with Crippen LogP contribution >= 0.6 is 12.4 Å². The zero-order valence-corrected chi connectivity index (χ0v) is 17.2. The Morgan fingerprint density at radius 3 is 3.00 bits per heavy atom. The maximum atomic E-state index is 10.4. The summed E-state index contributed by atoms with van der Waals surface area (Å²) in [5.74, 6) is 0.811. The molecule has 2 unspecified atom stereocenters. The van der Waals surface area contributed by atoms with Crippen molar-refractivity contribution in [2.24, 2.45) is 0 Å². The maximum Gasteiger partial charge on any atom is 0.122 e. The number of aryl methyl sites for hydroxylation is 1.